The molecule has 6 heteroatoms. The summed E-state index contributed by atoms with van der Waals surface area (Å²) >= 11 is 3.47. The van der Waals surface area contributed by atoms with Crippen molar-refractivity contribution in [3.8, 4) is 0 Å². The van der Waals surface area contributed by atoms with Crippen molar-refractivity contribution in [3.63, 3.8) is 0 Å². The number of amides is 1. The molecule has 0 aromatic carbocycles. The minimum Gasteiger partial charge on any atom is -0.337 e. The molecule has 4 nitrogen and oxygen atoms in total. The van der Waals surface area contributed by atoms with E-state index in [0.29, 0.717) is 6.04 Å². The second kappa shape index (κ2) is 6.12. The largest absolute Gasteiger partial charge is 0.337 e. The molecule has 0 spiro atoms. The molecule has 128 valence electrons. The highest BCUT2D eigenvalue weighted by molar-refractivity contribution is 7.09. The molecule has 0 N–H and O–H groups in total. The molecule has 0 unspecified atom stereocenters. The summed E-state index contributed by atoms with van der Waals surface area (Å²) in [6, 6.07) is 10.9. The first-order valence-electron chi connectivity index (χ1n) is 8.53. The van der Waals surface area contributed by atoms with E-state index in [-0.39, 0.29) is 11.9 Å². The van der Waals surface area contributed by atoms with Crippen LogP contribution in [0.25, 0.3) is 0 Å². The maximum absolute atomic E-state index is 13.1. The van der Waals surface area contributed by atoms with Crippen LogP contribution in [-0.4, -0.2) is 39.4 Å². The Kier molecular flexibility index (Phi) is 3.77. The lowest BCUT2D eigenvalue weighted by molar-refractivity contribution is 0.0559. The van der Waals surface area contributed by atoms with E-state index in [1.807, 2.05) is 12.1 Å². The molecule has 0 bridgehead atoms. The van der Waals surface area contributed by atoms with Crippen LogP contribution >= 0.6 is 22.7 Å². The number of fused-ring (bicyclic) bond motifs is 3. The molecule has 2 aliphatic rings. The minimum absolute atomic E-state index is 0.164. The van der Waals surface area contributed by atoms with Crippen LogP contribution in [-0.2, 0) is 13.1 Å². The standard InChI is InChI=1S/C19H19N3OS2/c23-19-16-4-1-6-21(16)17-11-20(9-14-5-8-24-13-14)12-18(17)22(19)10-15-3-2-7-25-15/h1-8,13,17-18H,9-12H2/t17-,18+/m0/s1. The summed E-state index contributed by atoms with van der Waals surface area (Å²) in [7, 11) is 0. The first kappa shape index (κ1) is 15.4. The van der Waals surface area contributed by atoms with E-state index >= 15 is 0 Å². The predicted molar refractivity (Wildman–Crippen MR) is 101 cm³/mol. The molecule has 0 aliphatic carbocycles. The van der Waals surface area contributed by atoms with E-state index < -0.39 is 0 Å². The number of nitrogens with zero attached hydrogens (tertiary/aromatic N) is 3. The monoisotopic (exact) mass is 369 g/mol. The molecule has 5 rings (SSSR count). The van der Waals surface area contributed by atoms with Gasteiger partial charge in [0, 0.05) is 30.7 Å². The van der Waals surface area contributed by atoms with Crippen LogP contribution in [0.4, 0.5) is 0 Å². The van der Waals surface area contributed by atoms with Crippen LogP contribution in [0.3, 0.4) is 0 Å². The number of hydrogen-bond acceptors (Lipinski definition) is 4. The highest BCUT2D eigenvalue weighted by Gasteiger charge is 2.44. The molecule has 3 aromatic rings. The molecule has 5 heterocycles. The molecule has 3 aromatic heterocycles. The number of aromatic nitrogens is 1. The average molecular weight is 370 g/mol. The molecule has 1 amide bonds. The molecule has 1 fully saturated rings. The zero-order valence-corrected chi connectivity index (χ0v) is 15.4. The van der Waals surface area contributed by atoms with E-state index in [9.17, 15) is 4.79 Å². The molecule has 0 radical (unpaired) electrons. The Morgan fingerprint density at radius 2 is 1.96 bits per heavy atom. The van der Waals surface area contributed by atoms with E-state index in [0.717, 1.165) is 31.9 Å². The molecule has 25 heavy (non-hydrogen) atoms. The van der Waals surface area contributed by atoms with Crippen molar-refractivity contribution in [2.24, 2.45) is 0 Å². The highest BCUT2D eigenvalue weighted by Crippen LogP contribution is 2.35. The number of carbonyl (C=O) groups is 1. The zero-order chi connectivity index (χ0) is 16.8. The fourth-order valence-corrected chi connectivity index (χ4v) is 5.48. The lowest BCUT2D eigenvalue weighted by Gasteiger charge is -2.38. The Bertz CT molecular complexity index is 869. The van der Waals surface area contributed by atoms with Crippen LogP contribution < -0.4 is 0 Å². The maximum Gasteiger partial charge on any atom is 0.271 e. The zero-order valence-electron chi connectivity index (χ0n) is 13.7. The molecule has 2 atom stereocenters. The van der Waals surface area contributed by atoms with Crippen LogP contribution in [0, 0.1) is 0 Å². The Morgan fingerprint density at radius 1 is 1.04 bits per heavy atom. The van der Waals surface area contributed by atoms with Crippen LogP contribution in [0.2, 0.25) is 0 Å². The van der Waals surface area contributed by atoms with Gasteiger partial charge < -0.3 is 9.47 Å². The topological polar surface area (TPSA) is 28.5 Å². The summed E-state index contributed by atoms with van der Waals surface area (Å²) in [5, 5.41) is 6.44. The molecule has 0 saturated carbocycles. The van der Waals surface area contributed by atoms with E-state index in [1.165, 1.54) is 10.4 Å². The van der Waals surface area contributed by atoms with Gasteiger partial charge in [-0.05, 0) is 46.0 Å². The summed E-state index contributed by atoms with van der Waals surface area (Å²) in [5.74, 6) is 0.164. The predicted octanol–water partition coefficient (Wildman–Crippen LogP) is 3.69. The number of rotatable bonds is 4. The normalized spacial score (nSPS) is 23.0. The summed E-state index contributed by atoms with van der Waals surface area (Å²) in [6.07, 6.45) is 2.07. The number of carbonyl (C=O) groups excluding carboxylic acids is 1. The van der Waals surface area contributed by atoms with Crippen molar-refractivity contribution in [2.45, 2.75) is 25.2 Å². The minimum atomic E-state index is 0.164. The molecule has 1 saturated heterocycles. The van der Waals surface area contributed by atoms with Crippen LogP contribution in [0.1, 0.15) is 27.0 Å². The molecule has 2 aliphatic heterocycles. The summed E-state index contributed by atoms with van der Waals surface area (Å²) in [4.78, 5) is 18.9. The molecular weight excluding hydrogens is 350 g/mol. The second-order valence-electron chi connectivity index (χ2n) is 6.77. The van der Waals surface area contributed by atoms with Gasteiger partial charge in [0.25, 0.3) is 5.91 Å². The third-order valence-corrected chi connectivity index (χ3v) is 6.84. The Hall–Kier alpha value is -1.89. The van der Waals surface area contributed by atoms with E-state index in [1.54, 1.807) is 22.7 Å². The summed E-state index contributed by atoms with van der Waals surface area (Å²) < 4.78 is 2.20. The Labute approximate surface area is 154 Å². The van der Waals surface area contributed by atoms with Crippen LogP contribution in [0.5, 0.6) is 0 Å². The van der Waals surface area contributed by atoms with Crippen molar-refractivity contribution in [2.75, 3.05) is 13.1 Å². The summed E-state index contributed by atoms with van der Waals surface area (Å²) in [6.45, 7) is 3.62. The number of thiophene rings is 2. The van der Waals surface area contributed by atoms with Crippen molar-refractivity contribution >= 4 is 28.6 Å². The van der Waals surface area contributed by atoms with Gasteiger partial charge in [-0.25, -0.2) is 0 Å². The van der Waals surface area contributed by atoms with Crippen molar-refractivity contribution in [3.05, 3.63) is 68.8 Å². The van der Waals surface area contributed by atoms with Gasteiger partial charge in [-0.3, -0.25) is 9.69 Å². The van der Waals surface area contributed by atoms with Gasteiger partial charge in [-0.2, -0.15) is 11.3 Å². The Morgan fingerprint density at radius 3 is 2.76 bits per heavy atom. The average Bonchev–Trinajstić information content (AvgIpc) is 3.36. The summed E-state index contributed by atoms with van der Waals surface area (Å²) in [5.41, 5.74) is 2.20. The lowest BCUT2D eigenvalue weighted by atomic mass is 10.1. The highest BCUT2D eigenvalue weighted by atomic mass is 32.1. The van der Waals surface area contributed by atoms with Gasteiger partial charge >= 0.3 is 0 Å². The van der Waals surface area contributed by atoms with Gasteiger partial charge in [0.1, 0.15) is 5.69 Å². The van der Waals surface area contributed by atoms with Crippen molar-refractivity contribution in [1.82, 2.24) is 14.4 Å². The van der Waals surface area contributed by atoms with E-state index in [4.69, 9.17) is 0 Å². The van der Waals surface area contributed by atoms with Crippen molar-refractivity contribution < 1.29 is 4.79 Å². The molecular formula is C19H19N3OS2. The third-order valence-electron chi connectivity index (χ3n) is 5.24. The van der Waals surface area contributed by atoms with Gasteiger partial charge in [0.2, 0.25) is 0 Å². The van der Waals surface area contributed by atoms with Crippen molar-refractivity contribution in [1.29, 1.82) is 0 Å². The fourth-order valence-electron chi connectivity index (χ4n) is 4.12. The second-order valence-corrected chi connectivity index (χ2v) is 8.59. The number of hydrogen-bond donors (Lipinski definition) is 0. The van der Waals surface area contributed by atoms with E-state index in [2.05, 4.69) is 54.9 Å². The maximum atomic E-state index is 13.1. The lowest BCUT2D eigenvalue weighted by Crippen LogP contribution is -2.49. The SMILES string of the molecule is O=C1c2cccn2[C@H]2CN(Cc3ccsc3)C[C@H]2N1Cc1cccs1. The first-order chi connectivity index (χ1) is 12.3. The van der Waals surface area contributed by atoms with Crippen LogP contribution in [0.15, 0.2) is 52.7 Å². The fraction of sp³-hybridized carbons (Fsp3) is 0.316. The van der Waals surface area contributed by atoms with Gasteiger partial charge in [-0.1, -0.05) is 6.07 Å². The Balaban J connectivity index is 1.45. The van der Waals surface area contributed by atoms with Gasteiger partial charge in [0.05, 0.1) is 18.6 Å². The first-order valence-corrected chi connectivity index (χ1v) is 10.4. The van der Waals surface area contributed by atoms with Gasteiger partial charge in [-0.15, -0.1) is 11.3 Å². The number of likely N-dealkylation sites (tertiary alicyclic amines) is 1. The quantitative estimate of drug-likeness (QED) is 0.702. The third kappa shape index (κ3) is 2.65. The van der Waals surface area contributed by atoms with Gasteiger partial charge in [0.15, 0.2) is 0 Å². The smallest absolute Gasteiger partial charge is 0.271 e.